The van der Waals surface area contributed by atoms with E-state index in [-0.39, 0.29) is 0 Å². The molecule has 0 aromatic carbocycles. The highest BCUT2D eigenvalue weighted by Gasteiger charge is 2.08. The quantitative estimate of drug-likeness (QED) is 0.307. The minimum atomic E-state index is -2.52. The van der Waals surface area contributed by atoms with Gasteiger partial charge in [0.05, 0.1) is 0 Å². The lowest BCUT2D eigenvalue weighted by molar-refractivity contribution is 0.493. The Labute approximate surface area is 116 Å². The van der Waals surface area contributed by atoms with Gasteiger partial charge in [-0.15, -0.1) is 23.2 Å². The Kier molecular flexibility index (Phi) is 13.8. The Balaban J connectivity index is 3.06. The number of alkyl halides is 2. The second-order valence-electron chi connectivity index (χ2n) is 4.47. The molecule has 0 aromatic rings. The van der Waals surface area contributed by atoms with Crippen molar-refractivity contribution in [3.05, 3.63) is 0 Å². The fraction of sp³-hybridized carbons (Fsp3) is 1.00. The zero-order chi connectivity index (χ0) is 12.9. The standard InChI is InChI=1S/C12H25Cl2O2P/c13-11-9-7-5-3-1-2-4-6-8-10-12(14)17(15)16/h12,17H,1-11H2,(H,15,16). The lowest BCUT2D eigenvalue weighted by Gasteiger charge is -2.05. The predicted octanol–water partition coefficient (Wildman–Crippen LogP) is 5.16. The van der Waals surface area contributed by atoms with E-state index in [1.807, 2.05) is 0 Å². The van der Waals surface area contributed by atoms with Gasteiger partial charge in [-0.05, 0) is 12.8 Å². The molecule has 0 aliphatic carbocycles. The van der Waals surface area contributed by atoms with Crippen LogP contribution in [0.2, 0.25) is 0 Å². The van der Waals surface area contributed by atoms with Gasteiger partial charge in [0, 0.05) is 5.88 Å². The molecule has 0 bridgehead atoms. The summed E-state index contributed by atoms with van der Waals surface area (Å²) in [5, 5.41) is -0.518. The first kappa shape index (κ1) is 17.8. The summed E-state index contributed by atoms with van der Waals surface area (Å²) < 4.78 is 10.6. The lowest BCUT2D eigenvalue weighted by Crippen LogP contribution is -1.91. The van der Waals surface area contributed by atoms with Crippen LogP contribution in [0.15, 0.2) is 0 Å². The predicted molar refractivity (Wildman–Crippen MR) is 77.8 cm³/mol. The van der Waals surface area contributed by atoms with Gasteiger partial charge < -0.3 is 4.89 Å². The van der Waals surface area contributed by atoms with Crippen molar-refractivity contribution in [2.75, 3.05) is 5.88 Å². The smallest absolute Gasteiger partial charge is 0.206 e. The molecule has 0 heterocycles. The number of unbranched alkanes of at least 4 members (excludes halogenated alkanes) is 8. The maximum Gasteiger partial charge on any atom is 0.206 e. The first-order chi connectivity index (χ1) is 8.18. The van der Waals surface area contributed by atoms with Crippen molar-refractivity contribution >= 4 is 31.2 Å². The van der Waals surface area contributed by atoms with Gasteiger partial charge >= 0.3 is 0 Å². The molecule has 0 fully saturated rings. The Morgan fingerprint density at radius 3 is 1.71 bits per heavy atom. The molecule has 0 rings (SSSR count). The van der Waals surface area contributed by atoms with Crippen molar-refractivity contribution in [3.63, 3.8) is 0 Å². The highest BCUT2D eigenvalue weighted by Crippen LogP contribution is 2.30. The third-order valence-corrected chi connectivity index (χ3v) is 4.73. The minimum Gasteiger partial charge on any atom is -0.345 e. The molecule has 0 spiro atoms. The van der Waals surface area contributed by atoms with E-state index in [1.165, 1.54) is 38.5 Å². The summed E-state index contributed by atoms with van der Waals surface area (Å²) in [7, 11) is -2.52. The van der Waals surface area contributed by atoms with Gasteiger partial charge in [-0.25, -0.2) is 0 Å². The average Bonchev–Trinajstić information content (AvgIpc) is 2.31. The van der Waals surface area contributed by atoms with Gasteiger partial charge in [0.2, 0.25) is 8.03 Å². The highest BCUT2D eigenvalue weighted by molar-refractivity contribution is 7.41. The number of rotatable bonds is 12. The number of hydrogen-bond donors (Lipinski definition) is 1. The van der Waals surface area contributed by atoms with Crippen molar-refractivity contribution in [2.24, 2.45) is 0 Å². The summed E-state index contributed by atoms with van der Waals surface area (Å²) in [6, 6.07) is 0. The van der Waals surface area contributed by atoms with Gasteiger partial charge in [0.25, 0.3) is 0 Å². The van der Waals surface area contributed by atoms with Gasteiger partial charge in [-0.1, -0.05) is 51.4 Å². The van der Waals surface area contributed by atoms with Gasteiger partial charge in [0.1, 0.15) is 5.12 Å². The molecule has 0 aliphatic heterocycles. The fourth-order valence-corrected chi connectivity index (χ4v) is 2.57. The Bertz CT molecular complexity index is 191. The SMILES string of the molecule is O=[PH](O)C(Cl)CCCCCCCCCCCCl. The highest BCUT2D eigenvalue weighted by atomic mass is 35.5. The zero-order valence-corrected chi connectivity index (χ0v) is 13.0. The first-order valence-corrected chi connectivity index (χ1v) is 9.01. The summed E-state index contributed by atoms with van der Waals surface area (Å²) in [6.45, 7) is 0. The Morgan fingerprint density at radius 1 is 0.882 bits per heavy atom. The van der Waals surface area contributed by atoms with Crippen LogP contribution < -0.4 is 0 Å². The third-order valence-electron chi connectivity index (χ3n) is 2.86. The van der Waals surface area contributed by atoms with Crippen molar-refractivity contribution < 1.29 is 9.46 Å². The number of halogens is 2. The maximum absolute atomic E-state index is 10.6. The van der Waals surface area contributed by atoms with E-state index in [0.717, 1.165) is 25.1 Å². The molecule has 0 amide bonds. The molecule has 2 unspecified atom stereocenters. The summed E-state index contributed by atoms with van der Waals surface area (Å²) >= 11 is 11.3. The molecule has 0 radical (unpaired) electrons. The molecule has 0 saturated carbocycles. The molecule has 104 valence electrons. The van der Waals surface area contributed by atoms with Crippen molar-refractivity contribution in [3.8, 4) is 0 Å². The Morgan fingerprint density at radius 2 is 1.29 bits per heavy atom. The fourth-order valence-electron chi connectivity index (χ4n) is 1.78. The lowest BCUT2D eigenvalue weighted by atomic mass is 10.1. The molecule has 5 heteroatoms. The van der Waals surface area contributed by atoms with E-state index >= 15 is 0 Å². The van der Waals surface area contributed by atoms with Gasteiger partial charge in [-0.3, -0.25) is 4.57 Å². The van der Waals surface area contributed by atoms with Gasteiger partial charge in [0.15, 0.2) is 0 Å². The van der Waals surface area contributed by atoms with Crippen LogP contribution in [0.1, 0.15) is 64.2 Å². The van der Waals surface area contributed by atoms with Crippen LogP contribution in [0.3, 0.4) is 0 Å². The molecule has 0 aromatic heterocycles. The zero-order valence-electron chi connectivity index (χ0n) is 10.5. The van der Waals surface area contributed by atoms with Gasteiger partial charge in [-0.2, -0.15) is 0 Å². The van der Waals surface area contributed by atoms with E-state index < -0.39 is 13.1 Å². The van der Waals surface area contributed by atoms with E-state index in [9.17, 15) is 4.57 Å². The molecule has 0 aliphatic rings. The van der Waals surface area contributed by atoms with Crippen LogP contribution >= 0.6 is 31.2 Å². The monoisotopic (exact) mass is 302 g/mol. The van der Waals surface area contributed by atoms with E-state index in [4.69, 9.17) is 28.1 Å². The van der Waals surface area contributed by atoms with Crippen molar-refractivity contribution in [1.82, 2.24) is 0 Å². The third kappa shape index (κ3) is 13.0. The van der Waals surface area contributed by atoms with E-state index in [1.54, 1.807) is 0 Å². The Hall–Kier alpha value is 0.770. The molecule has 0 saturated heterocycles. The second kappa shape index (κ2) is 13.2. The van der Waals surface area contributed by atoms with Crippen LogP contribution in [0.4, 0.5) is 0 Å². The molecule has 2 nitrogen and oxygen atoms in total. The number of hydrogen-bond acceptors (Lipinski definition) is 1. The summed E-state index contributed by atoms with van der Waals surface area (Å²) in [5.41, 5.74) is 0. The summed E-state index contributed by atoms with van der Waals surface area (Å²) in [5.74, 6) is 0.785. The van der Waals surface area contributed by atoms with Crippen LogP contribution in [0.5, 0.6) is 0 Å². The second-order valence-corrected chi connectivity index (χ2v) is 7.11. The maximum atomic E-state index is 10.6. The normalized spacial score (nSPS) is 14.8. The molecule has 2 atom stereocenters. The largest absolute Gasteiger partial charge is 0.345 e. The van der Waals surface area contributed by atoms with Crippen LogP contribution in [-0.2, 0) is 4.57 Å². The molecule has 1 N–H and O–H groups in total. The van der Waals surface area contributed by atoms with Crippen molar-refractivity contribution in [1.29, 1.82) is 0 Å². The molecule has 17 heavy (non-hydrogen) atoms. The van der Waals surface area contributed by atoms with Crippen LogP contribution in [-0.4, -0.2) is 15.9 Å². The minimum absolute atomic E-state index is 0.518. The van der Waals surface area contributed by atoms with E-state index in [2.05, 4.69) is 0 Å². The van der Waals surface area contributed by atoms with Crippen LogP contribution in [0, 0.1) is 0 Å². The first-order valence-electron chi connectivity index (χ1n) is 6.61. The summed E-state index contributed by atoms with van der Waals surface area (Å²) in [4.78, 5) is 8.77. The topological polar surface area (TPSA) is 37.3 Å². The summed E-state index contributed by atoms with van der Waals surface area (Å²) in [6.07, 6.45) is 11.5. The molecular weight excluding hydrogens is 278 g/mol. The molecular formula is C12H25Cl2O2P. The van der Waals surface area contributed by atoms with Crippen molar-refractivity contribution in [2.45, 2.75) is 69.3 Å². The van der Waals surface area contributed by atoms with Crippen LogP contribution in [0.25, 0.3) is 0 Å². The average molecular weight is 303 g/mol. The van der Waals surface area contributed by atoms with E-state index in [0.29, 0.717) is 6.42 Å².